The molecular formula is C29H38FNO4. The van der Waals surface area contributed by atoms with Crippen LogP contribution < -0.4 is 0 Å². The molecule has 1 aliphatic heterocycles. The molecule has 0 saturated carbocycles. The number of hydrogen-bond acceptors (Lipinski definition) is 5. The number of carbonyl (C=O) groups is 1. The van der Waals surface area contributed by atoms with Crippen molar-refractivity contribution >= 4 is 12.0 Å². The van der Waals surface area contributed by atoms with Gasteiger partial charge in [-0.1, -0.05) is 43.3 Å². The molecule has 2 aromatic rings. The van der Waals surface area contributed by atoms with Gasteiger partial charge in [0.1, 0.15) is 5.82 Å². The largest absolute Gasteiger partial charge is 0.463 e. The van der Waals surface area contributed by atoms with Gasteiger partial charge in [-0.25, -0.2) is 9.18 Å². The standard InChI is InChI=1S/C29H38FNO4/c1-5-34-29(33)13-12-24-8-6-7-9-27(24)22(4)35-19-26(32)18-31-17-20(2)14-25(31)15-23-11-10-21(3)28(30)16-23/h6-13,16,20,22,25-26,32H,5,14-15,17-19H2,1-4H3/b13-12+/t20-,22+,25-,26?/m0/s1. The lowest BCUT2D eigenvalue weighted by Crippen LogP contribution is -2.39. The molecule has 1 fully saturated rings. The molecule has 0 aromatic heterocycles. The zero-order valence-electron chi connectivity index (χ0n) is 21.2. The average Bonchev–Trinajstić information content (AvgIpc) is 3.17. The smallest absolute Gasteiger partial charge is 0.330 e. The number of aryl methyl sites for hydroxylation is 1. The number of likely N-dealkylation sites (tertiary alicyclic amines) is 1. The average molecular weight is 484 g/mol. The zero-order chi connectivity index (χ0) is 25.4. The number of carbonyl (C=O) groups excluding carboxylic acids is 1. The molecule has 5 nitrogen and oxygen atoms in total. The Hall–Kier alpha value is -2.54. The number of β-amino-alcohol motifs (C(OH)–C–C–N with tert-alkyl or cyclic N) is 1. The minimum absolute atomic E-state index is 0.167. The van der Waals surface area contributed by atoms with Crippen molar-refractivity contribution in [3.63, 3.8) is 0 Å². The van der Waals surface area contributed by atoms with E-state index in [2.05, 4.69) is 11.8 Å². The van der Waals surface area contributed by atoms with E-state index < -0.39 is 6.10 Å². The maximum Gasteiger partial charge on any atom is 0.330 e. The lowest BCUT2D eigenvalue weighted by molar-refractivity contribution is -0.137. The third-order valence-electron chi connectivity index (χ3n) is 6.55. The summed E-state index contributed by atoms with van der Waals surface area (Å²) in [7, 11) is 0. The fraction of sp³-hybridized carbons (Fsp3) is 0.483. The Balaban J connectivity index is 1.56. The molecule has 1 heterocycles. The fourth-order valence-electron chi connectivity index (χ4n) is 4.76. The van der Waals surface area contributed by atoms with Gasteiger partial charge in [-0.05, 0) is 73.9 Å². The van der Waals surface area contributed by atoms with Crippen LogP contribution in [0, 0.1) is 18.7 Å². The van der Waals surface area contributed by atoms with Gasteiger partial charge in [0, 0.05) is 25.2 Å². The normalized spacial score (nSPS) is 20.3. The quantitative estimate of drug-likeness (QED) is 0.356. The van der Waals surface area contributed by atoms with Crippen molar-refractivity contribution in [2.75, 3.05) is 26.3 Å². The Labute approximate surface area is 208 Å². The Morgan fingerprint density at radius 3 is 2.80 bits per heavy atom. The Bertz CT molecular complexity index is 1010. The SMILES string of the molecule is CCOC(=O)/C=C/c1ccccc1[C@@H](C)OCC(O)CN1C[C@@H](C)C[C@H]1Cc1ccc(C)c(F)c1. The van der Waals surface area contributed by atoms with Crippen LogP contribution in [0.5, 0.6) is 0 Å². The van der Waals surface area contributed by atoms with Gasteiger partial charge in [-0.15, -0.1) is 0 Å². The number of aliphatic hydroxyl groups excluding tert-OH is 1. The predicted molar refractivity (Wildman–Crippen MR) is 136 cm³/mol. The molecule has 0 amide bonds. The van der Waals surface area contributed by atoms with E-state index in [1.54, 1.807) is 26.0 Å². The number of hydrogen-bond donors (Lipinski definition) is 1. The minimum atomic E-state index is -0.637. The lowest BCUT2D eigenvalue weighted by Gasteiger charge is -2.27. The van der Waals surface area contributed by atoms with Crippen LogP contribution in [0.4, 0.5) is 4.39 Å². The second-order valence-corrected chi connectivity index (χ2v) is 9.58. The molecule has 1 unspecified atom stereocenters. The van der Waals surface area contributed by atoms with Crippen molar-refractivity contribution in [3.05, 3.63) is 76.6 Å². The Kier molecular flexibility index (Phi) is 10.0. The van der Waals surface area contributed by atoms with Gasteiger partial charge in [0.05, 0.1) is 25.4 Å². The second-order valence-electron chi connectivity index (χ2n) is 9.58. The minimum Gasteiger partial charge on any atom is -0.463 e. The van der Waals surface area contributed by atoms with Gasteiger partial charge >= 0.3 is 5.97 Å². The van der Waals surface area contributed by atoms with E-state index in [9.17, 15) is 14.3 Å². The molecule has 2 aromatic carbocycles. The maximum atomic E-state index is 14.0. The Morgan fingerprint density at radius 2 is 2.06 bits per heavy atom. The molecule has 3 rings (SSSR count). The van der Waals surface area contributed by atoms with Crippen LogP contribution in [-0.2, 0) is 20.7 Å². The lowest BCUT2D eigenvalue weighted by atomic mass is 10.00. The van der Waals surface area contributed by atoms with Crippen LogP contribution >= 0.6 is 0 Å². The maximum absolute atomic E-state index is 14.0. The van der Waals surface area contributed by atoms with E-state index in [1.165, 1.54) is 6.08 Å². The van der Waals surface area contributed by atoms with E-state index in [4.69, 9.17) is 9.47 Å². The summed E-state index contributed by atoms with van der Waals surface area (Å²) in [6.45, 7) is 9.66. The summed E-state index contributed by atoms with van der Waals surface area (Å²) in [6.07, 6.45) is 4.05. The molecule has 0 spiro atoms. The number of halogens is 1. The van der Waals surface area contributed by atoms with Gasteiger partial charge in [0.15, 0.2) is 0 Å². The highest BCUT2D eigenvalue weighted by molar-refractivity contribution is 5.87. The number of rotatable bonds is 11. The highest BCUT2D eigenvalue weighted by Gasteiger charge is 2.31. The summed E-state index contributed by atoms with van der Waals surface area (Å²) in [6, 6.07) is 13.4. The van der Waals surface area contributed by atoms with Crippen LogP contribution in [0.1, 0.15) is 55.5 Å². The molecule has 6 heteroatoms. The van der Waals surface area contributed by atoms with Crippen LogP contribution in [0.25, 0.3) is 6.08 Å². The van der Waals surface area contributed by atoms with Crippen molar-refractivity contribution in [3.8, 4) is 0 Å². The van der Waals surface area contributed by atoms with E-state index in [0.29, 0.717) is 24.6 Å². The highest BCUT2D eigenvalue weighted by Crippen LogP contribution is 2.27. The third kappa shape index (κ3) is 7.99. The van der Waals surface area contributed by atoms with Crippen LogP contribution in [0.15, 0.2) is 48.5 Å². The van der Waals surface area contributed by atoms with Crippen molar-refractivity contribution in [2.24, 2.45) is 5.92 Å². The molecule has 1 saturated heterocycles. The van der Waals surface area contributed by atoms with Crippen LogP contribution in [0.2, 0.25) is 0 Å². The van der Waals surface area contributed by atoms with E-state index >= 15 is 0 Å². The third-order valence-corrected chi connectivity index (χ3v) is 6.55. The second kappa shape index (κ2) is 13.0. The van der Waals surface area contributed by atoms with E-state index in [0.717, 1.165) is 36.1 Å². The van der Waals surface area contributed by atoms with Gasteiger partial charge in [0.2, 0.25) is 0 Å². The van der Waals surface area contributed by atoms with E-state index in [1.807, 2.05) is 43.3 Å². The molecule has 4 atom stereocenters. The van der Waals surface area contributed by atoms with Crippen molar-refractivity contribution in [1.82, 2.24) is 4.90 Å². The van der Waals surface area contributed by atoms with Gasteiger partial charge in [-0.3, -0.25) is 4.90 Å². The van der Waals surface area contributed by atoms with Gasteiger partial charge < -0.3 is 14.6 Å². The first-order valence-electron chi connectivity index (χ1n) is 12.5. The number of benzene rings is 2. The molecule has 0 radical (unpaired) electrons. The van der Waals surface area contributed by atoms with Gasteiger partial charge in [0.25, 0.3) is 0 Å². The van der Waals surface area contributed by atoms with Crippen LogP contribution in [-0.4, -0.2) is 54.4 Å². The number of esters is 1. The molecular weight excluding hydrogens is 445 g/mol. The zero-order valence-corrected chi connectivity index (χ0v) is 21.2. The summed E-state index contributed by atoms with van der Waals surface area (Å²) in [5.74, 6) is -0.0191. The summed E-state index contributed by atoms with van der Waals surface area (Å²) in [4.78, 5) is 14.0. The topological polar surface area (TPSA) is 59.0 Å². The first-order valence-corrected chi connectivity index (χ1v) is 12.5. The van der Waals surface area contributed by atoms with Crippen molar-refractivity contribution in [1.29, 1.82) is 0 Å². The first kappa shape index (κ1) is 27.1. The molecule has 190 valence electrons. The number of ether oxygens (including phenoxy) is 2. The fourth-order valence-corrected chi connectivity index (χ4v) is 4.76. The Morgan fingerprint density at radius 1 is 1.29 bits per heavy atom. The van der Waals surface area contributed by atoms with Gasteiger partial charge in [-0.2, -0.15) is 0 Å². The first-order chi connectivity index (χ1) is 16.8. The molecule has 1 aliphatic rings. The number of nitrogens with zero attached hydrogens (tertiary/aromatic N) is 1. The number of aliphatic hydroxyl groups is 1. The molecule has 35 heavy (non-hydrogen) atoms. The molecule has 0 aliphatic carbocycles. The highest BCUT2D eigenvalue weighted by atomic mass is 19.1. The summed E-state index contributed by atoms with van der Waals surface area (Å²) in [5.41, 5.74) is 3.46. The van der Waals surface area contributed by atoms with Crippen LogP contribution in [0.3, 0.4) is 0 Å². The molecule has 0 bridgehead atoms. The monoisotopic (exact) mass is 483 g/mol. The summed E-state index contributed by atoms with van der Waals surface area (Å²) in [5, 5.41) is 10.8. The van der Waals surface area contributed by atoms with Crippen molar-refractivity contribution in [2.45, 2.75) is 58.8 Å². The van der Waals surface area contributed by atoms with Crippen molar-refractivity contribution < 1.29 is 23.8 Å². The van der Waals surface area contributed by atoms with E-state index in [-0.39, 0.29) is 30.5 Å². The molecule has 1 N–H and O–H groups in total. The summed E-state index contributed by atoms with van der Waals surface area (Å²) < 4.78 is 25.0. The predicted octanol–water partition coefficient (Wildman–Crippen LogP) is 5.10. The summed E-state index contributed by atoms with van der Waals surface area (Å²) >= 11 is 0.